The van der Waals surface area contributed by atoms with Crippen LogP contribution in [0.4, 0.5) is 0 Å². The molecule has 1 aromatic rings. The summed E-state index contributed by atoms with van der Waals surface area (Å²) in [5, 5.41) is 3.32. The second kappa shape index (κ2) is 11.5. The highest BCUT2D eigenvalue weighted by molar-refractivity contribution is 14.0. The van der Waals surface area contributed by atoms with Crippen LogP contribution in [0.25, 0.3) is 0 Å². The molecule has 1 N–H and O–H groups in total. The lowest BCUT2D eigenvalue weighted by Gasteiger charge is -2.21. The number of allylic oxidation sites excluding steroid dienone is 1. The van der Waals surface area contributed by atoms with Crippen molar-refractivity contribution in [3.8, 4) is 0 Å². The molecule has 0 saturated heterocycles. The first-order chi connectivity index (χ1) is 10.9. The van der Waals surface area contributed by atoms with Gasteiger partial charge in [-0.1, -0.05) is 18.2 Å². The smallest absolute Gasteiger partial charge is 0.193 e. The van der Waals surface area contributed by atoms with Crippen LogP contribution in [0.3, 0.4) is 0 Å². The van der Waals surface area contributed by atoms with Gasteiger partial charge >= 0.3 is 0 Å². The molecule has 0 radical (unpaired) electrons. The fourth-order valence-electron chi connectivity index (χ4n) is 2.19. The summed E-state index contributed by atoms with van der Waals surface area (Å²) in [6.07, 6.45) is 5.99. The van der Waals surface area contributed by atoms with Gasteiger partial charge in [0.25, 0.3) is 0 Å². The van der Waals surface area contributed by atoms with Crippen molar-refractivity contribution >= 4 is 39.8 Å². The molecule has 0 unspecified atom stereocenters. The molecule has 0 bridgehead atoms. The molecule has 0 aliphatic rings. The molecule has 24 heavy (non-hydrogen) atoms. The van der Waals surface area contributed by atoms with E-state index in [9.17, 15) is 8.42 Å². The number of aliphatic imine (C=N–C) groups is 1. The predicted molar refractivity (Wildman–Crippen MR) is 112 cm³/mol. The molecular weight excluding hydrogens is 437 g/mol. The Morgan fingerprint density at radius 1 is 1.33 bits per heavy atom. The van der Waals surface area contributed by atoms with Gasteiger partial charge in [0.2, 0.25) is 0 Å². The maximum absolute atomic E-state index is 11.4. The van der Waals surface area contributed by atoms with Crippen molar-refractivity contribution < 1.29 is 8.42 Å². The number of benzene rings is 1. The van der Waals surface area contributed by atoms with Gasteiger partial charge in [0.15, 0.2) is 15.8 Å². The second-order valence-corrected chi connectivity index (χ2v) is 7.51. The molecular formula is C17H28IN3O2S. The fraction of sp³-hybridized carbons (Fsp3) is 0.471. The van der Waals surface area contributed by atoms with E-state index in [-0.39, 0.29) is 24.0 Å². The molecule has 1 aromatic carbocycles. The van der Waals surface area contributed by atoms with Crippen molar-refractivity contribution in [3.05, 3.63) is 42.5 Å². The summed E-state index contributed by atoms with van der Waals surface area (Å²) in [7, 11) is 0.656. The van der Waals surface area contributed by atoms with Crippen molar-refractivity contribution in [3.63, 3.8) is 0 Å². The van der Waals surface area contributed by atoms with Crippen molar-refractivity contribution in [2.75, 3.05) is 33.4 Å². The summed E-state index contributed by atoms with van der Waals surface area (Å²) >= 11 is 0. The first-order valence-corrected chi connectivity index (χ1v) is 9.59. The minimum absolute atomic E-state index is 0. The topological polar surface area (TPSA) is 61.8 Å². The summed E-state index contributed by atoms with van der Waals surface area (Å²) in [6, 6.07) is 7.02. The first kappa shape index (κ1) is 22.9. The predicted octanol–water partition coefficient (Wildman–Crippen LogP) is 2.72. The molecule has 0 heterocycles. The summed E-state index contributed by atoms with van der Waals surface area (Å²) in [5.74, 6) is 0.863. The van der Waals surface area contributed by atoms with Crippen molar-refractivity contribution in [1.29, 1.82) is 0 Å². The maximum atomic E-state index is 11.4. The molecule has 0 spiro atoms. The largest absolute Gasteiger partial charge is 0.356 e. The normalized spacial score (nSPS) is 11.5. The van der Waals surface area contributed by atoms with Crippen LogP contribution in [0.15, 0.2) is 46.8 Å². The van der Waals surface area contributed by atoms with Crippen LogP contribution in [-0.2, 0) is 16.3 Å². The summed E-state index contributed by atoms with van der Waals surface area (Å²) in [4.78, 5) is 6.72. The Morgan fingerprint density at radius 3 is 2.46 bits per heavy atom. The number of nitrogens with one attached hydrogen (secondary N) is 1. The van der Waals surface area contributed by atoms with E-state index < -0.39 is 9.84 Å². The van der Waals surface area contributed by atoms with Gasteiger partial charge in [-0.2, -0.15) is 0 Å². The lowest BCUT2D eigenvalue weighted by atomic mass is 10.1. The van der Waals surface area contributed by atoms with Crippen LogP contribution in [0.1, 0.15) is 18.4 Å². The summed E-state index contributed by atoms with van der Waals surface area (Å²) < 4.78 is 22.9. The van der Waals surface area contributed by atoms with Gasteiger partial charge in [0.1, 0.15) is 0 Å². The van der Waals surface area contributed by atoms with Crippen molar-refractivity contribution in [2.45, 2.75) is 24.2 Å². The Morgan fingerprint density at radius 2 is 1.96 bits per heavy atom. The molecule has 0 fully saturated rings. The van der Waals surface area contributed by atoms with Crippen LogP contribution in [0, 0.1) is 0 Å². The number of sulfone groups is 1. The Labute approximate surface area is 163 Å². The molecule has 136 valence electrons. The Hall–Kier alpha value is -1.09. The van der Waals surface area contributed by atoms with Gasteiger partial charge in [0.05, 0.1) is 4.90 Å². The average molecular weight is 465 g/mol. The third-order valence-corrected chi connectivity index (χ3v) is 4.65. The zero-order chi connectivity index (χ0) is 17.3. The number of nitrogens with zero attached hydrogens (tertiary/aromatic N) is 2. The van der Waals surface area contributed by atoms with Crippen LogP contribution in [0.5, 0.6) is 0 Å². The fourth-order valence-corrected chi connectivity index (χ4v) is 2.82. The zero-order valence-electron chi connectivity index (χ0n) is 14.7. The zero-order valence-corrected chi connectivity index (χ0v) is 17.8. The molecule has 1 rings (SSSR count). The van der Waals surface area contributed by atoms with Crippen molar-refractivity contribution in [1.82, 2.24) is 10.2 Å². The van der Waals surface area contributed by atoms with E-state index in [0.717, 1.165) is 43.9 Å². The third-order valence-electron chi connectivity index (χ3n) is 3.52. The average Bonchev–Trinajstić information content (AvgIpc) is 2.51. The molecule has 7 heteroatoms. The third kappa shape index (κ3) is 8.14. The van der Waals surface area contributed by atoms with Crippen LogP contribution in [-0.4, -0.2) is 52.7 Å². The molecule has 5 nitrogen and oxygen atoms in total. The van der Waals surface area contributed by atoms with Gasteiger partial charge in [0, 0.05) is 33.4 Å². The minimum atomic E-state index is -3.13. The molecule has 0 atom stereocenters. The lowest BCUT2D eigenvalue weighted by Crippen LogP contribution is -2.40. The Kier molecular flexibility index (Phi) is 10.9. The number of hydrogen-bond acceptors (Lipinski definition) is 3. The summed E-state index contributed by atoms with van der Waals surface area (Å²) in [5.41, 5.74) is 1.09. The number of guanidine groups is 1. The highest BCUT2D eigenvalue weighted by Gasteiger charge is 2.07. The minimum Gasteiger partial charge on any atom is -0.356 e. The van der Waals surface area contributed by atoms with E-state index in [1.165, 1.54) is 6.26 Å². The molecule has 0 amide bonds. The number of rotatable bonds is 8. The van der Waals surface area contributed by atoms with E-state index in [0.29, 0.717) is 4.90 Å². The van der Waals surface area contributed by atoms with E-state index in [2.05, 4.69) is 21.8 Å². The van der Waals surface area contributed by atoms with Gasteiger partial charge in [-0.25, -0.2) is 8.42 Å². The molecule has 0 saturated carbocycles. The highest BCUT2D eigenvalue weighted by Crippen LogP contribution is 2.10. The van der Waals surface area contributed by atoms with E-state index in [1.807, 2.05) is 25.3 Å². The van der Waals surface area contributed by atoms with Crippen molar-refractivity contribution in [2.24, 2.45) is 4.99 Å². The van der Waals surface area contributed by atoms with Gasteiger partial charge in [-0.15, -0.1) is 30.6 Å². The van der Waals surface area contributed by atoms with Crippen LogP contribution in [0.2, 0.25) is 0 Å². The Bertz CT molecular complexity index is 628. The van der Waals surface area contributed by atoms with Gasteiger partial charge < -0.3 is 10.2 Å². The molecule has 0 aliphatic carbocycles. The Balaban J connectivity index is 0.00000529. The SMILES string of the molecule is C=CCCCN(C)C(=NC)NCCc1ccc(S(C)(=O)=O)cc1.I. The van der Waals surface area contributed by atoms with Gasteiger partial charge in [-0.3, -0.25) is 4.99 Å². The monoisotopic (exact) mass is 465 g/mol. The summed E-state index contributed by atoms with van der Waals surface area (Å²) in [6.45, 7) is 5.40. The lowest BCUT2D eigenvalue weighted by molar-refractivity contribution is 0.470. The van der Waals surface area contributed by atoms with E-state index in [1.54, 1.807) is 19.2 Å². The quantitative estimate of drug-likeness (QED) is 0.211. The standard InChI is InChI=1S/C17H27N3O2S.HI/c1-5-6-7-14-20(3)17(18-2)19-13-12-15-8-10-16(11-9-15)23(4,21)22;/h5,8-11H,1,6-7,12-14H2,2-4H3,(H,18,19);1H. The number of unbranched alkanes of at least 4 members (excludes halogenated alkanes) is 1. The van der Waals surface area contributed by atoms with Gasteiger partial charge in [-0.05, 0) is 37.0 Å². The highest BCUT2D eigenvalue weighted by atomic mass is 127. The van der Waals surface area contributed by atoms with Crippen LogP contribution >= 0.6 is 24.0 Å². The maximum Gasteiger partial charge on any atom is 0.193 e. The van der Waals surface area contributed by atoms with Crippen LogP contribution < -0.4 is 5.32 Å². The van der Waals surface area contributed by atoms with E-state index in [4.69, 9.17) is 0 Å². The second-order valence-electron chi connectivity index (χ2n) is 5.49. The first-order valence-electron chi connectivity index (χ1n) is 7.70. The van der Waals surface area contributed by atoms with E-state index >= 15 is 0 Å². The molecule has 0 aliphatic heterocycles. The number of hydrogen-bond donors (Lipinski definition) is 1. The number of halogens is 1. The molecule has 0 aromatic heterocycles.